The van der Waals surface area contributed by atoms with Crippen LogP contribution in [0.25, 0.3) is 11.0 Å². The number of nitrogens with one attached hydrogen (secondary N) is 1. The predicted octanol–water partition coefficient (Wildman–Crippen LogP) is 2.49. The van der Waals surface area contributed by atoms with E-state index in [0.29, 0.717) is 0 Å². The second-order valence-corrected chi connectivity index (χ2v) is 4.86. The van der Waals surface area contributed by atoms with Gasteiger partial charge in [-0.1, -0.05) is 11.6 Å². The lowest BCUT2D eigenvalue weighted by atomic mass is 10.1. The summed E-state index contributed by atoms with van der Waals surface area (Å²) in [5.74, 6) is 0. The summed E-state index contributed by atoms with van der Waals surface area (Å²) in [7, 11) is 0. The summed E-state index contributed by atoms with van der Waals surface area (Å²) in [5, 5.41) is 5.25. The van der Waals surface area contributed by atoms with E-state index in [1.54, 1.807) is 0 Å². The smallest absolute Gasteiger partial charge is 0.135 e. The fourth-order valence-electron chi connectivity index (χ4n) is 2.29. The molecule has 17 heavy (non-hydrogen) atoms. The van der Waals surface area contributed by atoms with E-state index in [1.807, 2.05) is 24.5 Å². The van der Waals surface area contributed by atoms with E-state index in [9.17, 15) is 0 Å². The van der Waals surface area contributed by atoms with Crippen molar-refractivity contribution >= 4 is 22.6 Å². The van der Waals surface area contributed by atoms with Gasteiger partial charge in [0, 0.05) is 48.7 Å². The van der Waals surface area contributed by atoms with E-state index in [0.717, 1.165) is 43.3 Å². The van der Waals surface area contributed by atoms with Crippen molar-refractivity contribution in [3.8, 4) is 0 Å². The number of piperazine rings is 1. The van der Waals surface area contributed by atoms with Crippen molar-refractivity contribution in [2.45, 2.75) is 6.54 Å². The number of hydrogen-bond donors (Lipinski definition) is 1. The minimum Gasteiger partial charge on any atom is -0.464 e. The molecule has 0 spiro atoms. The second-order valence-electron chi connectivity index (χ2n) is 4.43. The summed E-state index contributed by atoms with van der Waals surface area (Å²) in [6, 6.07) is 5.83. The molecule has 0 radical (unpaired) electrons. The molecule has 4 heteroatoms. The first-order valence-electron chi connectivity index (χ1n) is 5.91. The van der Waals surface area contributed by atoms with Gasteiger partial charge in [-0.05, 0) is 18.2 Å². The van der Waals surface area contributed by atoms with Crippen LogP contribution >= 0.6 is 11.6 Å². The van der Waals surface area contributed by atoms with Crippen LogP contribution in [-0.4, -0.2) is 31.1 Å². The second kappa shape index (κ2) is 4.69. The third-order valence-electron chi connectivity index (χ3n) is 3.22. The average Bonchev–Trinajstić information content (AvgIpc) is 2.73. The van der Waals surface area contributed by atoms with Crippen LogP contribution in [0.2, 0.25) is 5.02 Å². The molecule has 1 aliphatic rings. The molecule has 90 valence electrons. The Hall–Kier alpha value is -1.03. The normalized spacial score (nSPS) is 17.7. The Morgan fingerprint density at radius 3 is 2.94 bits per heavy atom. The Bertz CT molecular complexity index is 517. The molecule has 1 aromatic heterocycles. The Labute approximate surface area is 105 Å². The highest BCUT2D eigenvalue weighted by Crippen LogP contribution is 2.25. The molecule has 3 rings (SSSR count). The van der Waals surface area contributed by atoms with E-state index in [1.165, 1.54) is 10.9 Å². The summed E-state index contributed by atoms with van der Waals surface area (Å²) in [6.07, 6.45) is 1.85. The lowest BCUT2D eigenvalue weighted by Gasteiger charge is -2.26. The molecular weight excluding hydrogens is 236 g/mol. The number of furan rings is 1. The molecule has 0 amide bonds. The van der Waals surface area contributed by atoms with Crippen LogP contribution in [0, 0.1) is 0 Å². The minimum atomic E-state index is 0.723. The standard InChI is InChI=1S/C13H15ClN2O/c14-11-1-2-12-10(9-17-13(12)7-11)8-16-5-3-15-4-6-16/h1-2,7,9,15H,3-6,8H2. The number of nitrogens with zero attached hydrogens (tertiary/aromatic N) is 1. The van der Waals surface area contributed by atoms with Gasteiger partial charge in [0.2, 0.25) is 0 Å². The SMILES string of the molecule is Clc1ccc2c(CN3CCNCC3)coc2c1. The van der Waals surface area contributed by atoms with Crippen LogP contribution in [0.4, 0.5) is 0 Å². The highest BCUT2D eigenvalue weighted by molar-refractivity contribution is 6.31. The topological polar surface area (TPSA) is 28.4 Å². The lowest BCUT2D eigenvalue weighted by molar-refractivity contribution is 0.233. The van der Waals surface area contributed by atoms with Crippen molar-refractivity contribution < 1.29 is 4.42 Å². The Morgan fingerprint density at radius 2 is 2.12 bits per heavy atom. The van der Waals surface area contributed by atoms with Gasteiger partial charge in [0.1, 0.15) is 5.58 Å². The molecule has 0 aliphatic carbocycles. The van der Waals surface area contributed by atoms with Gasteiger partial charge in [-0.3, -0.25) is 4.90 Å². The van der Waals surface area contributed by atoms with Crippen molar-refractivity contribution in [3.63, 3.8) is 0 Å². The number of hydrogen-bond acceptors (Lipinski definition) is 3. The summed E-state index contributed by atoms with van der Waals surface area (Å²) < 4.78 is 5.54. The van der Waals surface area contributed by atoms with Crippen LogP contribution in [0.3, 0.4) is 0 Å². The van der Waals surface area contributed by atoms with Gasteiger partial charge in [0.05, 0.1) is 6.26 Å². The van der Waals surface area contributed by atoms with Crippen molar-refractivity contribution in [1.82, 2.24) is 10.2 Å². The van der Waals surface area contributed by atoms with E-state index in [-0.39, 0.29) is 0 Å². The third-order valence-corrected chi connectivity index (χ3v) is 3.46. The molecule has 0 saturated carbocycles. The third kappa shape index (κ3) is 2.32. The highest BCUT2D eigenvalue weighted by Gasteiger charge is 2.13. The van der Waals surface area contributed by atoms with Crippen molar-refractivity contribution in [2.24, 2.45) is 0 Å². The highest BCUT2D eigenvalue weighted by atomic mass is 35.5. The summed E-state index contributed by atoms with van der Waals surface area (Å²) in [5.41, 5.74) is 2.13. The number of benzene rings is 1. The van der Waals surface area contributed by atoms with E-state index < -0.39 is 0 Å². The molecular formula is C13H15ClN2O. The first-order chi connectivity index (χ1) is 8.33. The number of fused-ring (bicyclic) bond motifs is 1. The molecule has 1 saturated heterocycles. The maximum Gasteiger partial charge on any atom is 0.135 e. The number of halogens is 1. The molecule has 1 N–H and O–H groups in total. The molecule has 1 fully saturated rings. The molecule has 0 bridgehead atoms. The minimum absolute atomic E-state index is 0.723. The monoisotopic (exact) mass is 250 g/mol. The van der Waals surface area contributed by atoms with E-state index in [2.05, 4.69) is 10.2 Å². The Morgan fingerprint density at radius 1 is 1.29 bits per heavy atom. The van der Waals surface area contributed by atoms with Crippen LogP contribution < -0.4 is 5.32 Å². The molecule has 2 heterocycles. The fraction of sp³-hybridized carbons (Fsp3) is 0.385. The first-order valence-corrected chi connectivity index (χ1v) is 6.29. The quantitative estimate of drug-likeness (QED) is 0.888. The summed E-state index contributed by atoms with van der Waals surface area (Å²) in [4.78, 5) is 2.44. The lowest BCUT2D eigenvalue weighted by Crippen LogP contribution is -2.42. The van der Waals surface area contributed by atoms with Crippen molar-refractivity contribution in [1.29, 1.82) is 0 Å². The van der Waals surface area contributed by atoms with Gasteiger partial charge >= 0.3 is 0 Å². The molecule has 1 aliphatic heterocycles. The zero-order valence-corrected chi connectivity index (χ0v) is 10.3. The molecule has 0 unspecified atom stereocenters. The molecule has 0 atom stereocenters. The van der Waals surface area contributed by atoms with Crippen LogP contribution in [0.1, 0.15) is 5.56 Å². The van der Waals surface area contributed by atoms with Crippen molar-refractivity contribution in [3.05, 3.63) is 35.0 Å². The molecule has 3 nitrogen and oxygen atoms in total. The maximum atomic E-state index is 5.94. The summed E-state index contributed by atoms with van der Waals surface area (Å²) in [6.45, 7) is 5.29. The van der Waals surface area contributed by atoms with Crippen LogP contribution in [0.5, 0.6) is 0 Å². The Kier molecular flexibility index (Phi) is 3.05. The van der Waals surface area contributed by atoms with Gasteiger partial charge in [0.15, 0.2) is 0 Å². The van der Waals surface area contributed by atoms with Gasteiger partial charge in [-0.25, -0.2) is 0 Å². The zero-order valence-electron chi connectivity index (χ0n) is 9.58. The molecule has 1 aromatic carbocycles. The van der Waals surface area contributed by atoms with Gasteiger partial charge < -0.3 is 9.73 Å². The zero-order chi connectivity index (χ0) is 11.7. The van der Waals surface area contributed by atoms with Crippen molar-refractivity contribution in [2.75, 3.05) is 26.2 Å². The number of rotatable bonds is 2. The van der Waals surface area contributed by atoms with E-state index in [4.69, 9.17) is 16.0 Å². The first kappa shape index (κ1) is 11.1. The largest absolute Gasteiger partial charge is 0.464 e. The van der Waals surface area contributed by atoms with Gasteiger partial charge in [-0.15, -0.1) is 0 Å². The predicted molar refractivity (Wildman–Crippen MR) is 69.4 cm³/mol. The fourth-order valence-corrected chi connectivity index (χ4v) is 2.45. The Balaban J connectivity index is 1.84. The van der Waals surface area contributed by atoms with Crippen LogP contribution in [-0.2, 0) is 6.54 Å². The van der Waals surface area contributed by atoms with Gasteiger partial charge in [0.25, 0.3) is 0 Å². The summed E-state index contributed by atoms with van der Waals surface area (Å²) >= 11 is 5.94. The van der Waals surface area contributed by atoms with Gasteiger partial charge in [-0.2, -0.15) is 0 Å². The maximum absolute atomic E-state index is 5.94. The molecule has 2 aromatic rings. The van der Waals surface area contributed by atoms with E-state index >= 15 is 0 Å². The van der Waals surface area contributed by atoms with Crippen LogP contribution in [0.15, 0.2) is 28.9 Å². The average molecular weight is 251 g/mol.